The minimum atomic E-state index is -2.18. The van der Waals surface area contributed by atoms with Crippen LogP contribution in [-0.4, -0.2) is 31.7 Å². The molecule has 0 aromatic heterocycles. The molecule has 0 aromatic carbocycles. The molecule has 0 aliphatic rings. The maximum atomic E-state index is 6.38. The molecule has 0 rings (SSSR count). The van der Waals surface area contributed by atoms with Crippen LogP contribution in [-0.2, 0) is 8.23 Å². The molecular formula is C12H29NO2Si3. The average Bonchev–Trinajstić information content (AvgIpc) is 2.25. The number of hydrogen-bond donors (Lipinski definition) is 1. The second-order valence-corrected chi connectivity index (χ2v) is 17.5. The fourth-order valence-electron chi connectivity index (χ4n) is 1.74. The monoisotopic (exact) mass is 303 g/mol. The molecule has 0 atom stereocenters. The molecule has 0 saturated carbocycles. The van der Waals surface area contributed by atoms with E-state index in [0.29, 0.717) is 6.54 Å². The summed E-state index contributed by atoms with van der Waals surface area (Å²) in [5.41, 5.74) is 9.55. The van der Waals surface area contributed by atoms with Gasteiger partial charge in [-0.15, -0.1) is 13.2 Å². The van der Waals surface area contributed by atoms with E-state index in [-0.39, 0.29) is 0 Å². The van der Waals surface area contributed by atoms with Crippen LogP contribution in [0.2, 0.25) is 38.8 Å². The van der Waals surface area contributed by atoms with Crippen molar-refractivity contribution in [3.63, 3.8) is 0 Å². The van der Waals surface area contributed by atoms with E-state index in [1.165, 1.54) is 0 Å². The zero-order chi connectivity index (χ0) is 14.4. The predicted octanol–water partition coefficient (Wildman–Crippen LogP) is 3.30. The fourth-order valence-corrected chi connectivity index (χ4v) is 13.5. The summed E-state index contributed by atoms with van der Waals surface area (Å²) in [7, 11) is -5.84. The Bertz CT molecular complexity index is 271. The molecule has 0 heterocycles. The Morgan fingerprint density at radius 1 is 0.944 bits per heavy atom. The highest BCUT2D eigenvalue weighted by Crippen LogP contribution is 2.25. The molecule has 0 saturated heterocycles. The normalized spacial score (nSPS) is 13.4. The van der Waals surface area contributed by atoms with Crippen LogP contribution in [0.1, 0.15) is 6.42 Å². The average molecular weight is 304 g/mol. The molecule has 106 valence electrons. The molecule has 0 amide bonds. The van der Waals surface area contributed by atoms with Gasteiger partial charge in [0.1, 0.15) is 0 Å². The Morgan fingerprint density at radius 3 is 1.61 bits per heavy atom. The summed E-state index contributed by atoms with van der Waals surface area (Å²) in [6.07, 6.45) is 0.950. The minimum Gasteiger partial charge on any atom is -0.433 e. The Morgan fingerprint density at radius 2 is 1.33 bits per heavy atom. The van der Waals surface area contributed by atoms with Gasteiger partial charge in [0.2, 0.25) is 0 Å². The van der Waals surface area contributed by atoms with Crippen molar-refractivity contribution in [1.29, 1.82) is 0 Å². The van der Waals surface area contributed by atoms with Crippen LogP contribution in [0, 0.1) is 0 Å². The third kappa shape index (κ3) is 6.81. The first-order valence-electron chi connectivity index (χ1n) is 6.47. The van der Waals surface area contributed by atoms with Gasteiger partial charge in [0.15, 0.2) is 16.6 Å². The van der Waals surface area contributed by atoms with E-state index in [9.17, 15) is 0 Å². The zero-order valence-corrected chi connectivity index (χ0v) is 15.6. The smallest absolute Gasteiger partial charge is 0.314 e. The lowest BCUT2D eigenvalue weighted by molar-refractivity contribution is 0.386. The molecule has 0 spiro atoms. The Balaban J connectivity index is 4.93. The fraction of sp³-hybridized carbons (Fsp3) is 0.667. The van der Waals surface area contributed by atoms with Gasteiger partial charge in [-0.05, 0) is 51.7 Å². The Labute approximate surface area is 116 Å². The Kier molecular flexibility index (Phi) is 6.98. The van der Waals surface area contributed by atoms with Crippen molar-refractivity contribution in [1.82, 2.24) is 0 Å². The van der Waals surface area contributed by atoms with Crippen LogP contribution < -0.4 is 5.73 Å². The second kappa shape index (κ2) is 6.97. The number of rotatable bonds is 9. The van der Waals surface area contributed by atoms with Crippen molar-refractivity contribution in [3.05, 3.63) is 24.6 Å². The second-order valence-electron chi connectivity index (χ2n) is 5.85. The van der Waals surface area contributed by atoms with E-state index >= 15 is 0 Å². The molecule has 0 aliphatic heterocycles. The van der Waals surface area contributed by atoms with Crippen molar-refractivity contribution in [2.75, 3.05) is 6.54 Å². The zero-order valence-electron chi connectivity index (χ0n) is 12.6. The molecule has 0 fully saturated rings. The van der Waals surface area contributed by atoms with E-state index in [1.54, 1.807) is 0 Å². The van der Waals surface area contributed by atoms with Gasteiger partial charge >= 0.3 is 8.56 Å². The van der Waals surface area contributed by atoms with E-state index in [4.69, 9.17) is 14.0 Å². The van der Waals surface area contributed by atoms with Crippen LogP contribution in [0.3, 0.4) is 0 Å². The molecule has 18 heavy (non-hydrogen) atoms. The van der Waals surface area contributed by atoms with Gasteiger partial charge in [0.25, 0.3) is 0 Å². The third-order valence-corrected chi connectivity index (χ3v) is 13.7. The number of hydrogen-bond acceptors (Lipinski definition) is 3. The summed E-state index contributed by atoms with van der Waals surface area (Å²) < 4.78 is 12.8. The third-order valence-electron chi connectivity index (χ3n) is 2.78. The summed E-state index contributed by atoms with van der Waals surface area (Å²) in [6, 6.07) is 0.942. The van der Waals surface area contributed by atoms with E-state index in [0.717, 1.165) is 12.5 Å². The van der Waals surface area contributed by atoms with Crippen LogP contribution in [0.15, 0.2) is 24.6 Å². The lowest BCUT2D eigenvalue weighted by Crippen LogP contribution is -2.53. The largest absolute Gasteiger partial charge is 0.433 e. The first-order chi connectivity index (χ1) is 8.10. The summed E-state index contributed by atoms with van der Waals surface area (Å²) in [4.78, 5) is 0. The van der Waals surface area contributed by atoms with E-state index in [1.807, 2.05) is 11.4 Å². The maximum absolute atomic E-state index is 6.38. The van der Waals surface area contributed by atoms with Gasteiger partial charge in [0.05, 0.1) is 0 Å². The minimum absolute atomic E-state index is 0.682. The lowest BCUT2D eigenvalue weighted by Gasteiger charge is -2.38. The number of nitrogens with two attached hydrogens (primary N) is 1. The summed E-state index contributed by atoms with van der Waals surface area (Å²) in [6.45, 7) is 19.2. The molecule has 0 bridgehead atoms. The SMILES string of the molecule is C=C[Si](C)(C)O[Si](C)(CCCN)O[Si](C)(C)C=C. The summed E-state index contributed by atoms with van der Waals surface area (Å²) in [5, 5.41) is 0. The highest BCUT2D eigenvalue weighted by molar-refractivity contribution is 6.91. The molecule has 0 radical (unpaired) electrons. The highest BCUT2D eigenvalue weighted by atomic mass is 28.5. The van der Waals surface area contributed by atoms with Crippen LogP contribution in [0.25, 0.3) is 0 Å². The van der Waals surface area contributed by atoms with Gasteiger partial charge < -0.3 is 14.0 Å². The standard InChI is InChI=1S/C12H29NO2Si3/c1-8-16(3,4)14-18(7,12-10-11-13)15-17(5,6)9-2/h8-9H,1-2,10-13H2,3-7H3. The summed E-state index contributed by atoms with van der Waals surface area (Å²) >= 11 is 0. The Hall–Kier alpha value is 0.0106. The van der Waals surface area contributed by atoms with E-state index in [2.05, 4.69) is 45.9 Å². The van der Waals surface area contributed by atoms with Crippen molar-refractivity contribution >= 4 is 25.2 Å². The van der Waals surface area contributed by atoms with Gasteiger partial charge in [-0.25, -0.2) is 0 Å². The van der Waals surface area contributed by atoms with Gasteiger partial charge in [-0.2, -0.15) is 0 Å². The summed E-state index contributed by atoms with van der Waals surface area (Å²) in [5.74, 6) is 0. The molecule has 6 heteroatoms. The van der Waals surface area contributed by atoms with Crippen molar-refractivity contribution in [2.24, 2.45) is 5.73 Å². The van der Waals surface area contributed by atoms with Crippen LogP contribution in [0.4, 0.5) is 0 Å². The van der Waals surface area contributed by atoms with Gasteiger partial charge in [-0.3, -0.25) is 0 Å². The lowest BCUT2D eigenvalue weighted by atomic mass is 10.5. The predicted molar refractivity (Wildman–Crippen MR) is 87.6 cm³/mol. The molecule has 2 N–H and O–H groups in total. The molecule has 0 aromatic rings. The highest BCUT2D eigenvalue weighted by Gasteiger charge is 2.40. The van der Waals surface area contributed by atoms with E-state index < -0.39 is 25.2 Å². The molecule has 0 aliphatic carbocycles. The molecular weight excluding hydrogens is 274 g/mol. The van der Waals surface area contributed by atoms with Gasteiger partial charge in [0, 0.05) is 0 Å². The quantitative estimate of drug-likeness (QED) is 0.665. The van der Waals surface area contributed by atoms with Gasteiger partial charge in [-0.1, -0.05) is 11.4 Å². The van der Waals surface area contributed by atoms with Crippen molar-refractivity contribution < 1.29 is 8.23 Å². The molecule has 3 nitrogen and oxygen atoms in total. The van der Waals surface area contributed by atoms with Crippen molar-refractivity contribution in [2.45, 2.75) is 45.2 Å². The topological polar surface area (TPSA) is 44.5 Å². The van der Waals surface area contributed by atoms with Crippen molar-refractivity contribution in [3.8, 4) is 0 Å². The first-order valence-corrected chi connectivity index (χ1v) is 15.0. The van der Waals surface area contributed by atoms with Crippen LogP contribution >= 0.6 is 0 Å². The first kappa shape index (κ1) is 18.0. The maximum Gasteiger partial charge on any atom is 0.314 e. The van der Waals surface area contributed by atoms with Crippen LogP contribution in [0.5, 0.6) is 0 Å². The molecule has 0 unspecified atom stereocenters.